The third-order valence-electron chi connectivity index (χ3n) is 4.29. The van der Waals surface area contributed by atoms with E-state index in [1.54, 1.807) is 6.26 Å². The summed E-state index contributed by atoms with van der Waals surface area (Å²) in [6.07, 6.45) is 6.95. The molecule has 0 bridgehead atoms. The van der Waals surface area contributed by atoms with E-state index in [9.17, 15) is 0 Å². The van der Waals surface area contributed by atoms with Gasteiger partial charge in [-0.1, -0.05) is 0 Å². The zero-order valence-electron chi connectivity index (χ0n) is 11.3. The summed E-state index contributed by atoms with van der Waals surface area (Å²) in [5.74, 6) is 1.96. The van der Waals surface area contributed by atoms with Crippen molar-refractivity contribution < 1.29 is 4.42 Å². The van der Waals surface area contributed by atoms with Crippen LogP contribution < -0.4 is 5.32 Å². The monoisotopic (exact) mass is 248 g/mol. The van der Waals surface area contributed by atoms with Gasteiger partial charge < -0.3 is 9.73 Å². The lowest BCUT2D eigenvalue weighted by Gasteiger charge is -2.23. The molecular weight excluding hydrogens is 224 g/mol. The van der Waals surface area contributed by atoms with Crippen LogP contribution in [0.4, 0.5) is 0 Å². The first-order valence-corrected chi connectivity index (χ1v) is 7.31. The summed E-state index contributed by atoms with van der Waals surface area (Å²) in [7, 11) is 0. The van der Waals surface area contributed by atoms with Gasteiger partial charge in [0.1, 0.15) is 5.76 Å². The minimum Gasteiger partial charge on any atom is -0.469 e. The van der Waals surface area contributed by atoms with Crippen molar-refractivity contribution in [3.05, 3.63) is 24.2 Å². The van der Waals surface area contributed by atoms with E-state index in [0.717, 1.165) is 24.1 Å². The van der Waals surface area contributed by atoms with Crippen LogP contribution in [0.5, 0.6) is 0 Å². The molecule has 0 aromatic carbocycles. The Balaban J connectivity index is 1.42. The zero-order valence-corrected chi connectivity index (χ0v) is 11.3. The lowest BCUT2D eigenvalue weighted by Crippen LogP contribution is -2.34. The molecule has 18 heavy (non-hydrogen) atoms. The van der Waals surface area contributed by atoms with Gasteiger partial charge in [0.15, 0.2) is 0 Å². The van der Waals surface area contributed by atoms with Crippen LogP contribution in [-0.2, 0) is 6.42 Å². The molecule has 1 aromatic heterocycles. The van der Waals surface area contributed by atoms with Crippen LogP contribution in [0.25, 0.3) is 0 Å². The van der Waals surface area contributed by atoms with E-state index < -0.39 is 0 Å². The van der Waals surface area contributed by atoms with Gasteiger partial charge in [0.05, 0.1) is 6.26 Å². The van der Waals surface area contributed by atoms with Gasteiger partial charge in [-0.15, -0.1) is 0 Å². The summed E-state index contributed by atoms with van der Waals surface area (Å²) in [5, 5.41) is 3.66. The lowest BCUT2D eigenvalue weighted by molar-refractivity contribution is 0.238. The number of likely N-dealkylation sites (tertiary alicyclic amines) is 1. The van der Waals surface area contributed by atoms with Crippen LogP contribution >= 0.6 is 0 Å². The fourth-order valence-electron chi connectivity index (χ4n) is 2.90. The van der Waals surface area contributed by atoms with Gasteiger partial charge in [-0.05, 0) is 57.3 Å². The van der Waals surface area contributed by atoms with Crippen LogP contribution in [0.1, 0.15) is 31.9 Å². The summed E-state index contributed by atoms with van der Waals surface area (Å²) in [5.41, 5.74) is 0. The molecule has 3 heteroatoms. The van der Waals surface area contributed by atoms with Crippen LogP contribution in [0, 0.1) is 5.92 Å². The quantitative estimate of drug-likeness (QED) is 0.837. The van der Waals surface area contributed by atoms with Crippen molar-refractivity contribution in [2.45, 2.75) is 44.7 Å². The number of rotatable bonds is 6. The van der Waals surface area contributed by atoms with E-state index in [1.807, 2.05) is 6.07 Å². The molecule has 1 saturated carbocycles. The first-order valence-electron chi connectivity index (χ1n) is 7.31. The molecule has 0 spiro atoms. The molecular formula is C15H24N2O. The molecule has 1 aliphatic heterocycles. The van der Waals surface area contributed by atoms with Crippen molar-refractivity contribution in [1.29, 1.82) is 0 Å². The standard InChI is InChI=1S/C15H24N2O/c1-12(9-15-3-2-8-18-15)17-7-6-13(11-17)10-16-14-4-5-14/h2-3,8,12-14,16H,4-7,9-11H2,1H3. The first kappa shape index (κ1) is 12.2. The molecule has 1 N–H and O–H groups in total. The molecule has 1 aromatic rings. The second kappa shape index (κ2) is 5.45. The van der Waals surface area contributed by atoms with Crippen molar-refractivity contribution in [2.24, 2.45) is 5.92 Å². The van der Waals surface area contributed by atoms with Crippen molar-refractivity contribution in [1.82, 2.24) is 10.2 Å². The third-order valence-corrected chi connectivity index (χ3v) is 4.29. The lowest BCUT2D eigenvalue weighted by atomic mass is 10.1. The van der Waals surface area contributed by atoms with Gasteiger partial charge in [-0.2, -0.15) is 0 Å². The Bertz CT molecular complexity index is 359. The Labute approximate surface area is 110 Å². The second-order valence-corrected chi connectivity index (χ2v) is 5.96. The summed E-state index contributed by atoms with van der Waals surface area (Å²) in [6.45, 7) is 6.04. The van der Waals surface area contributed by atoms with Crippen molar-refractivity contribution in [2.75, 3.05) is 19.6 Å². The Kier molecular flexibility index (Phi) is 3.71. The van der Waals surface area contributed by atoms with Gasteiger partial charge in [0, 0.05) is 25.0 Å². The van der Waals surface area contributed by atoms with E-state index in [-0.39, 0.29) is 0 Å². The maximum Gasteiger partial charge on any atom is 0.105 e. The van der Waals surface area contributed by atoms with Gasteiger partial charge in [-0.3, -0.25) is 4.90 Å². The molecule has 1 aliphatic carbocycles. The number of furan rings is 1. The van der Waals surface area contributed by atoms with E-state index in [1.165, 1.54) is 38.9 Å². The highest BCUT2D eigenvalue weighted by molar-refractivity contribution is 5.00. The topological polar surface area (TPSA) is 28.4 Å². The maximum atomic E-state index is 5.44. The molecule has 100 valence electrons. The minimum absolute atomic E-state index is 0.599. The first-order chi connectivity index (χ1) is 8.81. The number of hydrogen-bond donors (Lipinski definition) is 1. The average Bonchev–Trinajstić information content (AvgIpc) is 2.88. The number of nitrogens with one attached hydrogen (secondary N) is 1. The predicted molar refractivity (Wildman–Crippen MR) is 72.6 cm³/mol. The summed E-state index contributed by atoms with van der Waals surface area (Å²) in [6, 6.07) is 5.51. The van der Waals surface area contributed by atoms with Crippen LogP contribution in [0.3, 0.4) is 0 Å². The Hall–Kier alpha value is -0.800. The zero-order chi connectivity index (χ0) is 12.4. The molecule has 3 nitrogen and oxygen atoms in total. The van der Waals surface area contributed by atoms with E-state index >= 15 is 0 Å². The summed E-state index contributed by atoms with van der Waals surface area (Å²) < 4.78 is 5.44. The number of hydrogen-bond acceptors (Lipinski definition) is 3. The van der Waals surface area contributed by atoms with Crippen molar-refractivity contribution in [3.63, 3.8) is 0 Å². The van der Waals surface area contributed by atoms with E-state index in [0.29, 0.717) is 6.04 Å². The Morgan fingerprint density at radius 1 is 1.44 bits per heavy atom. The van der Waals surface area contributed by atoms with Crippen molar-refractivity contribution in [3.8, 4) is 0 Å². The number of nitrogens with zero attached hydrogens (tertiary/aromatic N) is 1. The SMILES string of the molecule is CC(Cc1ccco1)N1CCC(CNC2CC2)C1. The summed E-state index contributed by atoms with van der Waals surface area (Å²) in [4.78, 5) is 2.61. The molecule has 2 aliphatic rings. The van der Waals surface area contributed by atoms with Crippen LogP contribution in [0.15, 0.2) is 22.8 Å². The van der Waals surface area contributed by atoms with Crippen LogP contribution in [0.2, 0.25) is 0 Å². The van der Waals surface area contributed by atoms with Gasteiger partial charge >= 0.3 is 0 Å². The largest absolute Gasteiger partial charge is 0.469 e. The third kappa shape index (κ3) is 3.15. The van der Waals surface area contributed by atoms with E-state index in [4.69, 9.17) is 4.42 Å². The smallest absolute Gasteiger partial charge is 0.105 e. The molecule has 3 rings (SSSR count). The fourth-order valence-corrected chi connectivity index (χ4v) is 2.90. The average molecular weight is 248 g/mol. The normalized spacial score (nSPS) is 26.6. The maximum absolute atomic E-state index is 5.44. The molecule has 1 saturated heterocycles. The molecule has 2 unspecified atom stereocenters. The molecule has 2 fully saturated rings. The predicted octanol–water partition coefficient (Wildman–Crippen LogP) is 2.28. The highest BCUT2D eigenvalue weighted by Crippen LogP contribution is 2.23. The second-order valence-electron chi connectivity index (χ2n) is 5.96. The van der Waals surface area contributed by atoms with Gasteiger partial charge in [0.2, 0.25) is 0 Å². The Morgan fingerprint density at radius 3 is 3.06 bits per heavy atom. The van der Waals surface area contributed by atoms with Gasteiger partial charge in [0.25, 0.3) is 0 Å². The van der Waals surface area contributed by atoms with E-state index in [2.05, 4.69) is 23.2 Å². The highest BCUT2D eigenvalue weighted by atomic mass is 16.3. The molecule has 2 atom stereocenters. The minimum atomic E-state index is 0.599. The summed E-state index contributed by atoms with van der Waals surface area (Å²) >= 11 is 0. The molecule has 0 amide bonds. The van der Waals surface area contributed by atoms with Crippen LogP contribution in [-0.4, -0.2) is 36.6 Å². The fraction of sp³-hybridized carbons (Fsp3) is 0.733. The van der Waals surface area contributed by atoms with Gasteiger partial charge in [-0.25, -0.2) is 0 Å². The molecule has 2 heterocycles. The molecule has 0 radical (unpaired) electrons. The van der Waals surface area contributed by atoms with Crippen molar-refractivity contribution >= 4 is 0 Å². The Morgan fingerprint density at radius 2 is 2.33 bits per heavy atom. The highest BCUT2D eigenvalue weighted by Gasteiger charge is 2.28.